The number of rotatable bonds is 6. The summed E-state index contributed by atoms with van der Waals surface area (Å²) in [6.07, 6.45) is 7.45. The summed E-state index contributed by atoms with van der Waals surface area (Å²) in [5, 5.41) is 5.42. The second-order valence-electron chi connectivity index (χ2n) is 6.43. The SMILES string of the molecule is C[C@@H]1CN(/C=C/CCOc2ccn(-c3ccc(Cl)c(Cl)c3)n2)C[C@H](C)O1. The lowest BCUT2D eigenvalue weighted by atomic mass is 10.2. The lowest BCUT2D eigenvalue weighted by molar-refractivity contribution is -0.0541. The van der Waals surface area contributed by atoms with Crippen molar-refractivity contribution in [3.05, 3.63) is 52.8 Å². The van der Waals surface area contributed by atoms with E-state index in [1.165, 1.54) is 0 Å². The highest BCUT2D eigenvalue weighted by Gasteiger charge is 2.19. The van der Waals surface area contributed by atoms with Gasteiger partial charge in [-0.3, -0.25) is 0 Å². The Labute approximate surface area is 164 Å². The average molecular weight is 396 g/mol. The number of hydrogen-bond acceptors (Lipinski definition) is 4. The van der Waals surface area contributed by atoms with Crippen molar-refractivity contribution in [2.75, 3.05) is 19.7 Å². The summed E-state index contributed by atoms with van der Waals surface area (Å²) in [6.45, 7) is 6.63. The molecule has 0 saturated carbocycles. The van der Waals surface area contributed by atoms with Crippen LogP contribution in [0.15, 0.2) is 42.7 Å². The molecule has 0 radical (unpaired) electrons. The van der Waals surface area contributed by atoms with Crippen LogP contribution in [0.4, 0.5) is 0 Å². The van der Waals surface area contributed by atoms with Crippen LogP contribution in [-0.2, 0) is 4.74 Å². The molecule has 0 bridgehead atoms. The number of aromatic nitrogens is 2. The fourth-order valence-corrected chi connectivity index (χ4v) is 3.24. The van der Waals surface area contributed by atoms with Crippen molar-refractivity contribution in [3.63, 3.8) is 0 Å². The molecule has 1 saturated heterocycles. The zero-order chi connectivity index (χ0) is 18.5. The van der Waals surface area contributed by atoms with Gasteiger partial charge < -0.3 is 14.4 Å². The van der Waals surface area contributed by atoms with Crippen molar-refractivity contribution in [1.82, 2.24) is 14.7 Å². The van der Waals surface area contributed by atoms with E-state index in [1.54, 1.807) is 16.8 Å². The molecule has 1 aliphatic heterocycles. The number of hydrogen-bond donors (Lipinski definition) is 0. The maximum absolute atomic E-state index is 6.05. The van der Waals surface area contributed by atoms with Gasteiger partial charge in [0.15, 0.2) is 0 Å². The first-order valence-corrected chi connectivity index (χ1v) is 9.47. The maximum atomic E-state index is 6.05. The number of ether oxygens (including phenoxy) is 2. The average Bonchev–Trinajstić information content (AvgIpc) is 3.05. The first-order valence-electron chi connectivity index (χ1n) is 8.71. The van der Waals surface area contributed by atoms with Crippen molar-refractivity contribution in [1.29, 1.82) is 0 Å². The highest BCUT2D eigenvalue weighted by molar-refractivity contribution is 6.42. The third-order valence-corrected chi connectivity index (χ3v) is 4.77. The van der Waals surface area contributed by atoms with Gasteiger partial charge in [-0.15, -0.1) is 5.10 Å². The zero-order valence-electron chi connectivity index (χ0n) is 14.9. The normalized spacial score (nSPS) is 20.7. The van der Waals surface area contributed by atoms with E-state index < -0.39 is 0 Å². The van der Waals surface area contributed by atoms with Gasteiger partial charge in [0, 0.05) is 31.8 Å². The molecule has 0 aliphatic carbocycles. The summed E-state index contributed by atoms with van der Waals surface area (Å²) in [4.78, 5) is 2.29. The van der Waals surface area contributed by atoms with Crippen molar-refractivity contribution < 1.29 is 9.47 Å². The molecular weight excluding hydrogens is 373 g/mol. The van der Waals surface area contributed by atoms with E-state index in [-0.39, 0.29) is 12.2 Å². The molecule has 0 spiro atoms. The Kier molecular flexibility index (Phi) is 6.46. The highest BCUT2D eigenvalue weighted by atomic mass is 35.5. The minimum Gasteiger partial charge on any atom is -0.476 e. The topological polar surface area (TPSA) is 39.5 Å². The smallest absolute Gasteiger partial charge is 0.233 e. The molecule has 5 nitrogen and oxygen atoms in total. The quantitative estimate of drug-likeness (QED) is 0.671. The third-order valence-electron chi connectivity index (χ3n) is 4.03. The van der Waals surface area contributed by atoms with Gasteiger partial charge in [0.25, 0.3) is 0 Å². The first-order chi connectivity index (χ1) is 12.5. The molecule has 1 aliphatic rings. The van der Waals surface area contributed by atoms with Crippen LogP contribution in [0.2, 0.25) is 10.0 Å². The molecule has 3 rings (SSSR count). The van der Waals surface area contributed by atoms with Crippen molar-refractivity contribution in [3.8, 4) is 11.6 Å². The van der Waals surface area contributed by atoms with Crippen molar-refractivity contribution in [2.24, 2.45) is 0 Å². The van der Waals surface area contributed by atoms with Gasteiger partial charge >= 0.3 is 0 Å². The van der Waals surface area contributed by atoms with Crippen molar-refractivity contribution >= 4 is 23.2 Å². The predicted molar refractivity (Wildman–Crippen MR) is 104 cm³/mol. The molecule has 2 atom stereocenters. The Morgan fingerprint density at radius 3 is 2.69 bits per heavy atom. The molecule has 1 fully saturated rings. The second-order valence-corrected chi connectivity index (χ2v) is 7.24. The van der Waals surface area contributed by atoms with Crippen LogP contribution >= 0.6 is 23.2 Å². The van der Waals surface area contributed by atoms with Gasteiger partial charge in [0.05, 0.1) is 34.5 Å². The summed E-state index contributed by atoms with van der Waals surface area (Å²) < 4.78 is 13.1. The van der Waals surface area contributed by atoms with Crippen LogP contribution in [0.3, 0.4) is 0 Å². The standard InChI is InChI=1S/C19H23Cl2N3O2/c1-14-12-23(13-15(2)26-14)8-3-4-10-25-19-7-9-24(22-19)16-5-6-17(20)18(21)11-16/h3,5-9,11,14-15H,4,10,12-13H2,1-2H3/b8-3+/t14-,15+. The van der Waals surface area contributed by atoms with Gasteiger partial charge in [0.1, 0.15) is 0 Å². The molecular formula is C19H23Cl2N3O2. The Balaban J connectivity index is 1.46. The summed E-state index contributed by atoms with van der Waals surface area (Å²) >= 11 is 12.0. The van der Waals surface area contributed by atoms with E-state index in [2.05, 4.69) is 36.1 Å². The van der Waals surface area contributed by atoms with Crippen LogP contribution < -0.4 is 4.74 Å². The van der Waals surface area contributed by atoms with E-state index in [1.807, 2.05) is 18.3 Å². The molecule has 26 heavy (non-hydrogen) atoms. The monoisotopic (exact) mass is 395 g/mol. The van der Waals surface area contributed by atoms with Gasteiger partial charge in [-0.2, -0.15) is 0 Å². The van der Waals surface area contributed by atoms with Gasteiger partial charge in [-0.25, -0.2) is 4.68 Å². The Morgan fingerprint density at radius 1 is 1.19 bits per heavy atom. The van der Waals surface area contributed by atoms with Crippen LogP contribution in [0.25, 0.3) is 5.69 Å². The largest absolute Gasteiger partial charge is 0.476 e. The van der Waals surface area contributed by atoms with E-state index in [9.17, 15) is 0 Å². The Morgan fingerprint density at radius 2 is 1.96 bits per heavy atom. The number of benzene rings is 1. The minimum absolute atomic E-state index is 0.269. The lowest BCUT2D eigenvalue weighted by Crippen LogP contribution is -2.42. The summed E-state index contributed by atoms with van der Waals surface area (Å²) in [7, 11) is 0. The van der Waals surface area contributed by atoms with Gasteiger partial charge in [0.2, 0.25) is 5.88 Å². The fraction of sp³-hybridized carbons (Fsp3) is 0.421. The maximum Gasteiger partial charge on any atom is 0.233 e. The molecule has 0 amide bonds. The van der Waals surface area contributed by atoms with Crippen LogP contribution in [0, 0.1) is 0 Å². The molecule has 7 heteroatoms. The first kappa shape index (κ1) is 19.1. The fourth-order valence-electron chi connectivity index (χ4n) is 2.95. The Bertz CT molecular complexity index is 753. The third kappa shape index (κ3) is 5.16. The minimum atomic E-state index is 0.269. The summed E-state index contributed by atoms with van der Waals surface area (Å²) in [5.74, 6) is 0.582. The Hall–Kier alpha value is -1.69. The summed E-state index contributed by atoms with van der Waals surface area (Å²) in [5.41, 5.74) is 0.838. The summed E-state index contributed by atoms with van der Waals surface area (Å²) in [6, 6.07) is 7.21. The molecule has 0 N–H and O–H groups in total. The lowest BCUT2D eigenvalue weighted by Gasteiger charge is -2.34. The molecule has 0 unspecified atom stereocenters. The second kappa shape index (κ2) is 8.80. The molecule has 140 valence electrons. The van der Waals surface area contributed by atoms with Crippen LogP contribution in [0.5, 0.6) is 5.88 Å². The number of morpholine rings is 1. The molecule has 2 aromatic rings. The zero-order valence-corrected chi connectivity index (χ0v) is 16.5. The van der Waals surface area contributed by atoms with Gasteiger partial charge in [-0.1, -0.05) is 29.3 Å². The van der Waals surface area contributed by atoms with E-state index in [0.717, 1.165) is 25.2 Å². The van der Waals surface area contributed by atoms with Gasteiger partial charge in [-0.05, 0) is 38.2 Å². The molecule has 1 aromatic carbocycles. The van der Waals surface area contributed by atoms with E-state index in [0.29, 0.717) is 22.5 Å². The van der Waals surface area contributed by atoms with Crippen LogP contribution in [0.1, 0.15) is 20.3 Å². The highest BCUT2D eigenvalue weighted by Crippen LogP contribution is 2.24. The number of nitrogens with zero attached hydrogens (tertiary/aromatic N) is 3. The number of halogens is 2. The van der Waals surface area contributed by atoms with Crippen LogP contribution in [-0.4, -0.2) is 46.6 Å². The van der Waals surface area contributed by atoms with Crippen molar-refractivity contribution in [2.45, 2.75) is 32.5 Å². The predicted octanol–water partition coefficient (Wildman–Crippen LogP) is 4.57. The molecule has 1 aromatic heterocycles. The molecule has 2 heterocycles. The van der Waals surface area contributed by atoms with E-state index >= 15 is 0 Å². The van der Waals surface area contributed by atoms with E-state index in [4.69, 9.17) is 32.7 Å².